The van der Waals surface area contributed by atoms with Gasteiger partial charge in [-0.05, 0) is 26.2 Å². The molecule has 0 rings (SSSR count). The van der Waals surface area contributed by atoms with Crippen LogP contribution < -0.4 is 5.32 Å². The van der Waals surface area contributed by atoms with Crippen LogP contribution in [0, 0.1) is 0 Å². The van der Waals surface area contributed by atoms with E-state index >= 15 is 0 Å². The Balaban J connectivity index is 3.71. The summed E-state index contributed by atoms with van der Waals surface area (Å²) in [6.45, 7) is 6.23. The largest absolute Gasteiger partial charge is 0.391 e. The fourth-order valence-electron chi connectivity index (χ4n) is 2.19. The molecular weight excluding hydrogens is 262 g/mol. The number of carbonyl (C=O) groups is 1. The molecule has 0 aliphatic rings. The highest BCUT2D eigenvalue weighted by molar-refractivity contribution is 5.76. The van der Waals surface area contributed by atoms with E-state index in [0.29, 0.717) is 12.8 Å². The van der Waals surface area contributed by atoms with E-state index in [1.165, 1.54) is 32.1 Å². The average Bonchev–Trinajstić information content (AvgIpc) is 2.46. The van der Waals surface area contributed by atoms with Crippen molar-refractivity contribution in [3.63, 3.8) is 0 Å². The molecule has 0 radical (unpaired) electrons. The van der Waals surface area contributed by atoms with E-state index in [2.05, 4.69) is 25.2 Å². The van der Waals surface area contributed by atoms with Gasteiger partial charge in [-0.25, -0.2) is 0 Å². The molecule has 2 N–H and O–H groups in total. The van der Waals surface area contributed by atoms with Gasteiger partial charge in [0.2, 0.25) is 5.91 Å². The van der Waals surface area contributed by atoms with Gasteiger partial charge in [-0.2, -0.15) is 0 Å². The first-order valence-electron chi connectivity index (χ1n) is 8.74. The third-order valence-electron chi connectivity index (χ3n) is 3.74. The summed E-state index contributed by atoms with van der Waals surface area (Å²) in [6.07, 6.45) is 14.1. The molecular formula is C18H35NO2. The maximum Gasteiger partial charge on any atom is 0.220 e. The van der Waals surface area contributed by atoms with Gasteiger partial charge in [0.25, 0.3) is 0 Å². The molecule has 0 heterocycles. The van der Waals surface area contributed by atoms with Gasteiger partial charge in [0.05, 0.1) is 12.1 Å². The lowest BCUT2D eigenvalue weighted by Gasteiger charge is -2.19. The predicted octanol–water partition coefficient (Wildman–Crippen LogP) is 4.35. The predicted molar refractivity (Wildman–Crippen MR) is 90.3 cm³/mol. The van der Waals surface area contributed by atoms with Crippen molar-refractivity contribution in [2.45, 2.75) is 97.1 Å². The number of rotatable bonds is 13. The summed E-state index contributed by atoms with van der Waals surface area (Å²) in [5, 5.41) is 12.9. The molecule has 0 aliphatic heterocycles. The fraction of sp³-hybridized carbons (Fsp3) is 0.833. The van der Waals surface area contributed by atoms with Crippen LogP contribution in [0.15, 0.2) is 12.2 Å². The van der Waals surface area contributed by atoms with Gasteiger partial charge in [-0.15, -0.1) is 0 Å². The van der Waals surface area contributed by atoms with Crippen molar-refractivity contribution in [2.75, 3.05) is 0 Å². The summed E-state index contributed by atoms with van der Waals surface area (Å²) in [5.74, 6) is 0.0630. The van der Waals surface area contributed by atoms with Crippen LogP contribution >= 0.6 is 0 Å². The molecule has 0 aliphatic carbocycles. The summed E-state index contributed by atoms with van der Waals surface area (Å²) in [6, 6.07) is -0.177. The number of carbonyl (C=O) groups excluding carboxylic acids is 1. The van der Waals surface area contributed by atoms with Crippen LogP contribution in [0.5, 0.6) is 0 Å². The topological polar surface area (TPSA) is 49.3 Å². The number of amides is 1. The van der Waals surface area contributed by atoms with Gasteiger partial charge in [0, 0.05) is 6.42 Å². The highest BCUT2D eigenvalue weighted by atomic mass is 16.3. The van der Waals surface area contributed by atoms with Crippen molar-refractivity contribution in [1.82, 2.24) is 5.32 Å². The van der Waals surface area contributed by atoms with E-state index in [1.54, 1.807) is 0 Å². The van der Waals surface area contributed by atoms with E-state index in [-0.39, 0.29) is 11.9 Å². The van der Waals surface area contributed by atoms with Gasteiger partial charge in [-0.1, -0.05) is 64.5 Å². The van der Waals surface area contributed by atoms with E-state index in [4.69, 9.17) is 0 Å². The zero-order chi connectivity index (χ0) is 15.9. The van der Waals surface area contributed by atoms with Crippen molar-refractivity contribution in [3.8, 4) is 0 Å². The molecule has 0 saturated heterocycles. The minimum Gasteiger partial charge on any atom is -0.391 e. The zero-order valence-corrected chi connectivity index (χ0v) is 14.2. The highest BCUT2D eigenvalue weighted by Crippen LogP contribution is 2.06. The average molecular weight is 297 g/mol. The SMILES string of the molecule is CCCC/C=C/C[C@@H](O)[C@H](C)NC(=O)CCCCCCC. The Morgan fingerprint density at radius 2 is 1.71 bits per heavy atom. The van der Waals surface area contributed by atoms with E-state index in [0.717, 1.165) is 19.3 Å². The second kappa shape index (κ2) is 14.1. The van der Waals surface area contributed by atoms with E-state index in [9.17, 15) is 9.90 Å². The van der Waals surface area contributed by atoms with Crippen molar-refractivity contribution in [1.29, 1.82) is 0 Å². The van der Waals surface area contributed by atoms with Crippen LogP contribution in [-0.2, 0) is 4.79 Å². The molecule has 0 aromatic carbocycles. The van der Waals surface area contributed by atoms with Crippen molar-refractivity contribution in [3.05, 3.63) is 12.2 Å². The number of aliphatic hydroxyl groups is 1. The van der Waals surface area contributed by atoms with Crippen LogP contribution in [0.25, 0.3) is 0 Å². The van der Waals surface area contributed by atoms with Crippen LogP contribution in [0.2, 0.25) is 0 Å². The quantitative estimate of drug-likeness (QED) is 0.392. The number of hydrogen-bond donors (Lipinski definition) is 2. The number of allylic oxidation sites excluding steroid dienone is 1. The Morgan fingerprint density at radius 1 is 1.05 bits per heavy atom. The standard InChI is InChI=1S/C18H35NO2/c1-4-6-8-10-12-14-17(20)16(3)19-18(21)15-13-11-9-7-5-2/h10,12,16-17,20H,4-9,11,13-15H2,1-3H3,(H,19,21)/b12-10+/t16-,17+/m0/s1. The number of hydrogen-bond acceptors (Lipinski definition) is 2. The fourth-order valence-corrected chi connectivity index (χ4v) is 2.19. The molecule has 1 amide bonds. The third-order valence-corrected chi connectivity index (χ3v) is 3.74. The number of unbranched alkanes of at least 4 members (excludes halogenated alkanes) is 6. The van der Waals surface area contributed by atoms with Gasteiger partial charge in [-0.3, -0.25) is 4.79 Å². The molecule has 0 spiro atoms. The molecule has 2 atom stereocenters. The van der Waals surface area contributed by atoms with Gasteiger partial charge < -0.3 is 10.4 Å². The molecule has 0 saturated carbocycles. The lowest BCUT2D eigenvalue weighted by Crippen LogP contribution is -2.40. The number of aliphatic hydroxyl groups excluding tert-OH is 1. The van der Waals surface area contributed by atoms with Gasteiger partial charge in [0.15, 0.2) is 0 Å². The normalized spacial score (nSPS) is 14.3. The second-order valence-corrected chi connectivity index (χ2v) is 5.94. The van der Waals surface area contributed by atoms with Crippen LogP contribution in [-0.4, -0.2) is 23.2 Å². The maximum absolute atomic E-state index is 11.8. The smallest absolute Gasteiger partial charge is 0.220 e. The van der Waals surface area contributed by atoms with Crippen LogP contribution in [0.4, 0.5) is 0 Å². The molecule has 0 unspecified atom stereocenters. The summed E-state index contributed by atoms with van der Waals surface area (Å²) >= 11 is 0. The molecule has 124 valence electrons. The Kier molecular flexibility index (Phi) is 13.6. The highest BCUT2D eigenvalue weighted by Gasteiger charge is 2.14. The van der Waals surface area contributed by atoms with E-state index in [1.807, 2.05) is 13.0 Å². The van der Waals surface area contributed by atoms with Crippen LogP contribution in [0.3, 0.4) is 0 Å². The Hall–Kier alpha value is -0.830. The monoisotopic (exact) mass is 297 g/mol. The minimum absolute atomic E-state index is 0.0630. The molecule has 0 aromatic heterocycles. The molecule has 21 heavy (non-hydrogen) atoms. The Morgan fingerprint density at radius 3 is 2.38 bits per heavy atom. The third kappa shape index (κ3) is 12.6. The van der Waals surface area contributed by atoms with Gasteiger partial charge in [0.1, 0.15) is 0 Å². The number of nitrogens with one attached hydrogen (secondary N) is 1. The molecule has 3 nitrogen and oxygen atoms in total. The summed E-state index contributed by atoms with van der Waals surface area (Å²) in [4.78, 5) is 11.8. The van der Waals surface area contributed by atoms with Crippen molar-refractivity contribution in [2.24, 2.45) is 0 Å². The molecule has 0 fully saturated rings. The summed E-state index contributed by atoms with van der Waals surface area (Å²) in [5.41, 5.74) is 0. The summed E-state index contributed by atoms with van der Waals surface area (Å²) < 4.78 is 0. The van der Waals surface area contributed by atoms with Gasteiger partial charge >= 0.3 is 0 Å². The zero-order valence-electron chi connectivity index (χ0n) is 14.2. The Labute approximate surface area is 131 Å². The lowest BCUT2D eigenvalue weighted by atomic mass is 10.1. The minimum atomic E-state index is -0.494. The maximum atomic E-state index is 11.8. The molecule has 0 bridgehead atoms. The summed E-state index contributed by atoms with van der Waals surface area (Å²) in [7, 11) is 0. The second-order valence-electron chi connectivity index (χ2n) is 5.94. The Bertz CT molecular complexity index is 276. The lowest BCUT2D eigenvalue weighted by molar-refractivity contribution is -0.122. The molecule has 3 heteroatoms. The first kappa shape index (κ1) is 20.2. The van der Waals surface area contributed by atoms with Crippen molar-refractivity contribution >= 4 is 5.91 Å². The molecule has 0 aromatic rings. The van der Waals surface area contributed by atoms with Crippen LogP contribution in [0.1, 0.15) is 85.0 Å². The van der Waals surface area contributed by atoms with Crippen molar-refractivity contribution < 1.29 is 9.90 Å². The first-order valence-corrected chi connectivity index (χ1v) is 8.74. The van der Waals surface area contributed by atoms with E-state index < -0.39 is 6.10 Å². The first-order chi connectivity index (χ1) is 10.1.